The third-order valence-corrected chi connectivity index (χ3v) is 7.22. The van der Waals surface area contributed by atoms with Crippen molar-refractivity contribution in [1.29, 1.82) is 0 Å². The number of carbonyl (C=O) groups is 3. The lowest BCUT2D eigenvalue weighted by atomic mass is 9.97. The Morgan fingerprint density at radius 3 is 2.23 bits per heavy atom. The summed E-state index contributed by atoms with van der Waals surface area (Å²) in [7, 11) is 0. The number of hydrogen-bond acceptors (Lipinski definition) is 5. The van der Waals surface area contributed by atoms with E-state index in [0.29, 0.717) is 22.7 Å². The SMILES string of the molecule is CCCCN(C(=O)C(Cc1ccccc1)NC(=O)OC(C)(C)C)C(C(=O)Nc1c(C)cccc1Cl)c1cccc(C)c1O. The maximum Gasteiger partial charge on any atom is 0.408 e. The van der Waals surface area contributed by atoms with Gasteiger partial charge in [0.05, 0.1) is 10.7 Å². The number of para-hydroxylation sites is 2. The highest BCUT2D eigenvalue weighted by atomic mass is 35.5. The standard InChI is InChI=1S/C34H42ClN3O5/c1-7-8-20-38(32(41)27(21-24-16-10-9-11-17-24)36-33(42)43-34(4,5)6)29(25-18-12-15-23(3)30(25)39)31(40)37-28-22(2)14-13-19-26(28)35/h9-19,27,29,39H,7-8,20-21H2,1-6H3,(H,36,42)(H,37,40). The summed E-state index contributed by atoms with van der Waals surface area (Å²) in [6.45, 7) is 11.0. The Kier molecular flexibility index (Phi) is 11.6. The molecule has 0 fully saturated rings. The monoisotopic (exact) mass is 607 g/mol. The molecular weight excluding hydrogens is 566 g/mol. The number of carbonyl (C=O) groups excluding carboxylic acids is 3. The first-order valence-electron chi connectivity index (χ1n) is 14.5. The van der Waals surface area contributed by atoms with Gasteiger partial charge in [-0.2, -0.15) is 0 Å². The van der Waals surface area contributed by atoms with Crippen molar-refractivity contribution in [2.75, 3.05) is 11.9 Å². The molecule has 0 aromatic heterocycles. The molecule has 3 rings (SSSR count). The van der Waals surface area contributed by atoms with Crippen molar-refractivity contribution in [2.45, 2.75) is 78.5 Å². The molecular formula is C34H42ClN3O5. The van der Waals surface area contributed by atoms with E-state index in [9.17, 15) is 19.5 Å². The number of benzene rings is 3. The fourth-order valence-electron chi connectivity index (χ4n) is 4.73. The number of anilines is 1. The van der Waals surface area contributed by atoms with Gasteiger partial charge in [0, 0.05) is 18.5 Å². The Labute approximate surface area is 259 Å². The number of aromatic hydroxyl groups is 1. The second-order valence-corrected chi connectivity index (χ2v) is 12.0. The molecule has 3 amide bonds. The third kappa shape index (κ3) is 9.22. The van der Waals surface area contributed by atoms with Gasteiger partial charge < -0.3 is 25.4 Å². The highest BCUT2D eigenvalue weighted by Crippen LogP contribution is 2.35. The minimum absolute atomic E-state index is 0.0902. The number of unbranched alkanes of at least 4 members (excludes halogenated alkanes) is 1. The molecule has 0 aliphatic carbocycles. The number of hydrogen-bond donors (Lipinski definition) is 3. The van der Waals surface area contributed by atoms with Crippen LogP contribution in [0.15, 0.2) is 66.7 Å². The van der Waals surface area contributed by atoms with Gasteiger partial charge in [0.2, 0.25) is 5.91 Å². The first kappa shape index (κ1) is 33.5. The molecule has 2 atom stereocenters. The number of rotatable bonds is 11. The summed E-state index contributed by atoms with van der Waals surface area (Å²) in [4.78, 5) is 43.1. The van der Waals surface area contributed by atoms with Crippen LogP contribution in [0.25, 0.3) is 0 Å². The number of phenolic OH excluding ortho intramolecular Hbond substituents is 1. The quantitative estimate of drug-likeness (QED) is 0.215. The predicted molar refractivity (Wildman–Crippen MR) is 170 cm³/mol. The molecule has 0 heterocycles. The van der Waals surface area contributed by atoms with E-state index in [0.717, 1.165) is 17.5 Å². The van der Waals surface area contributed by atoms with Crippen molar-refractivity contribution in [3.63, 3.8) is 0 Å². The Morgan fingerprint density at radius 2 is 1.60 bits per heavy atom. The van der Waals surface area contributed by atoms with Gasteiger partial charge in [-0.1, -0.05) is 85.6 Å². The van der Waals surface area contributed by atoms with Crippen LogP contribution >= 0.6 is 11.6 Å². The number of nitrogens with zero attached hydrogens (tertiary/aromatic N) is 1. The normalized spacial score (nSPS) is 12.6. The summed E-state index contributed by atoms with van der Waals surface area (Å²) in [5, 5.41) is 17.2. The molecule has 230 valence electrons. The van der Waals surface area contributed by atoms with E-state index in [1.807, 2.05) is 50.2 Å². The highest BCUT2D eigenvalue weighted by molar-refractivity contribution is 6.34. The van der Waals surface area contributed by atoms with E-state index in [2.05, 4.69) is 10.6 Å². The van der Waals surface area contributed by atoms with Crippen LogP contribution in [0.2, 0.25) is 5.02 Å². The van der Waals surface area contributed by atoms with Crippen molar-refractivity contribution in [3.8, 4) is 5.75 Å². The van der Waals surface area contributed by atoms with Crippen LogP contribution in [0.3, 0.4) is 0 Å². The van der Waals surface area contributed by atoms with E-state index in [1.165, 1.54) is 4.90 Å². The second-order valence-electron chi connectivity index (χ2n) is 11.6. The van der Waals surface area contributed by atoms with E-state index < -0.39 is 35.6 Å². The zero-order valence-corrected chi connectivity index (χ0v) is 26.5. The molecule has 3 N–H and O–H groups in total. The Hall–Kier alpha value is -4.04. The van der Waals surface area contributed by atoms with Gasteiger partial charge in [0.1, 0.15) is 23.4 Å². The Balaban J connectivity index is 2.13. The van der Waals surface area contributed by atoms with Gasteiger partial charge in [-0.25, -0.2) is 4.79 Å². The number of amides is 3. The minimum atomic E-state index is -1.23. The van der Waals surface area contributed by atoms with Gasteiger partial charge in [-0.15, -0.1) is 0 Å². The van der Waals surface area contributed by atoms with Crippen LogP contribution in [-0.4, -0.2) is 46.1 Å². The molecule has 8 nitrogen and oxygen atoms in total. The summed E-state index contributed by atoms with van der Waals surface area (Å²) in [5.41, 5.74) is 2.02. The van der Waals surface area contributed by atoms with Crippen LogP contribution in [0, 0.1) is 13.8 Å². The maximum absolute atomic E-state index is 14.5. The fourth-order valence-corrected chi connectivity index (χ4v) is 5.00. The van der Waals surface area contributed by atoms with Crippen LogP contribution in [0.4, 0.5) is 10.5 Å². The third-order valence-electron chi connectivity index (χ3n) is 6.90. The molecule has 0 aliphatic heterocycles. The molecule has 3 aromatic carbocycles. The van der Waals surface area contributed by atoms with Crippen LogP contribution in [0.1, 0.15) is 68.8 Å². The lowest BCUT2D eigenvalue weighted by Crippen LogP contribution is -2.53. The topological polar surface area (TPSA) is 108 Å². The minimum Gasteiger partial charge on any atom is -0.507 e. The summed E-state index contributed by atoms with van der Waals surface area (Å²) >= 11 is 6.45. The smallest absolute Gasteiger partial charge is 0.408 e. The van der Waals surface area contributed by atoms with Gasteiger partial charge in [-0.3, -0.25) is 9.59 Å². The summed E-state index contributed by atoms with van der Waals surface area (Å²) in [6, 6.07) is 17.4. The zero-order valence-electron chi connectivity index (χ0n) is 25.7. The average Bonchev–Trinajstić information content (AvgIpc) is 2.94. The Morgan fingerprint density at radius 1 is 0.953 bits per heavy atom. The molecule has 2 unspecified atom stereocenters. The maximum atomic E-state index is 14.5. The number of aryl methyl sites for hydroxylation is 2. The molecule has 3 aromatic rings. The molecule has 0 spiro atoms. The van der Waals surface area contributed by atoms with Crippen LogP contribution in [-0.2, 0) is 20.7 Å². The first-order valence-corrected chi connectivity index (χ1v) is 14.9. The predicted octanol–water partition coefficient (Wildman–Crippen LogP) is 7.11. The molecule has 0 aliphatic rings. The highest BCUT2D eigenvalue weighted by Gasteiger charge is 2.38. The number of phenols is 1. The van der Waals surface area contributed by atoms with E-state index in [1.54, 1.807) is 58.0 Å². The van der Waals surface area contributed by atoms with Gasteiger partial charge in [0.25, 0.3) is 5.91 Å². The fraction of sp³-hybridized carbons (Fsp3) is 0.382. The summed E-state index contributed by atoms with van der Waals surface area (Å²) < 4.78 is 5.49. The van der Waals surface area contributed by atoms with Gasteiger partial charge in [-0.05, 0) is 63.8 Å². The van der Waals surface area contributed by atoms with Crippen molar-refractivity contribution < 1.29 is 24.2 Å². The van der Waals surface area contributed by atoms with Crippen molar-refractivity contribution in [1.82, 2.24) is 10.2 Å². The number of alkyl carbamates (subject to hydrolysis) is 1. The van der Waals surface area contributed by atoms with Gasteiger partial charge >= 0.3 is 6.09 Å². The van der Waals surface area contributed by atoms with Crippen molar-refractivity contribution >= 4 is 35.2 Å². The number of nitrogens with one attached hydrogen (secondary N) is 2. The molecule has 0 saturated heterocycles. The van der Waals surface area contributed by atoms with E-state index in [-0.39, 0.29) is 24.3 Å². The molecule has 9 heteroatoms. The zero-order chi connectivity index (χ0) is 31.7. The summed E-state index contributed by atoms with van der Waals surface area (Å²) in [6.07, 6.45) is 0.741. The number of halogens is 1. The molecule has 0 radical (unpaired) electrons. The molecule has 0 saturated carbocycles. The number of ether oxygens (including phenoxy) is 1. The largest absolute Gasteiger partial charge is 0.507 e. The first-order chi connectivity index (χ1) is 20.3. The Bertz CT molecular complexity index is 1400. The second kappa shape index (κ2) is 14.9. The average molecular weight is 608 g/mol. The van der Waals surface area contributed by atoms with Gasteiger partial charge in [0.15, 0.2) is 0 Å². The molecule has 0 bridgehead atoms. The van der Waals surface area contributed by atoms with Crippen LogP contribution < -0.4 is 10.6 Å². The summed E-state index contributed by atoms with van der Waals surface area (Å²) in [5.74, 6) is -1.12. The van der Waals surface area contributed by atoms with E-state index >= 15 is 0 Å². The van der Waals surface area contributed by atoms with Crippen molar-refractivity contribution in [3.05, 3.63) is 94.0 Å². The van der Waals surface area contributed by atoms with Crippen LogP contribution in [0.5, 0.6) is 5.75 Å². The van der Waals surface area contributed by atoms with E-state index in [4.69, 9.17) is 16.3 Å². The molecule has 43 heavy (non-hydrogen) atoms. The lowest BCUT2D eigenvalue weighted by molar-refractivity contribution is -0.141. The van der Waals surface area contributed by atoms with Crippen molar-refractivity contribution in [2.24, 2.45) is 0 Å². The lowest BCUT2D eigenvalue weighted by Gasteiger charge is -2.35.